The van der Waals surface area contributed by atoms with Crippen LogP contribution in [0.5, 0.6) is 0 Å². The van der Waals surface area contributed by atoms with Gasteiger partial charge in [0, 0.05) is 0 Å². The Balaban J connectivity index is 3.20. The van der Waals surface area contributed by atoms with Gasteiger partial charge in [-0.25, -0.2) is 0 Å². The molecule has 0 saturated heterocycles. The van der Waals surface area contributed by atoms with Gasteiger partial charge in [0.15, 0.2) is 0 Å². The largest absolute Gasteiger partial charge is 0.0654 e. The van der Waals surface area contributed by atoms with Crippen LogP contribution >= 0.6 is 0 Å². The van der Waals surface area contributed by atoms with Gasteiger partial charge in [-0.05, 0) is 11.8 Å². The average Bonchev–Trinajstić information content (AvgIpc) is 2.67. The van der Waals surface area contributed by atoms with E-state index in [9.17, 15) is 0 Å². The van der Waals surface area contributed by atoms with Crippen molar-refractivity contribution in [1.29, 1.82) is 0 Å². The first kappa shape index (κ1) is 27.0. The normalized spacial score (nSPS) is 13.8. The predicted octanol–water partition coefficient (Wildman–Crippen LogP) is 10.5. The number of hydrogen-bond acceptors (Lipinski definition) is 0. The average molecular weight is 381 g/mol. The van der Waals surface area contributed by atoms with E-state index >= 15 is 0 Å². The summed E-state index contributed by atoms with van der Waals surface area (Å²) in [7, 11) is 0. The maximum atomic E-state index is 2.49. The van der Waals surface area contributed by atoms with E-state index in [1.807, 2.05) is 0 Å². The topological polar surface area (TPSA) is 0 Å². The van der Waals surface area contributed by atoms with Crippen molar-refractivity contribution in [2.24, 2.45) is 11.8 Å². The zero-order valence-electron chi connectivity index (χ0n) is 20.0. The molecule has 0 nitrogen and oxygen atoms in total. The summed E-state index contributed by atoms with van der Waals surface area (Å²) in [5.74, 6) is 1.93. The van der Waals surface area contributed by atoms with Crippen LogP contribution in [0.3, 0.4) is 0 Å². The first-order valence-corrected chi connectivity index (χ1v) is 13.2. The van der Waals surface area contributed by atoms with Gasteiger partial charge in [0.1, 0.15) is 0 Å². The second kappa shape index (κ2) is 22.3. The highest BCUT2D eigenvalue weighted by Crippen LogP contribution is 2.20. The highest BCUT2D eigenvalue weighted by Gasteiger charge is 2.04. The Labute approximate surface area is 174 Å². The minimum absolute atomic E-state index is 0.962. The monoisotopic (exact) mass is 380 g/mol. The summed E-state index contributed by atoms with van der Waals surface area (Å²) in [4.78, 5) is 0. The van der Waals surface area contributed by atoms with Gasteiger partial charge in [0.2, 0.25) is 0 Å². The predicted molar refractivity (Wildman–Crippen MR) is 127 cm³/mol. The van der Waals surface area contributed by atoms with Crippen LogP contribution in [0.2, 0.25) is 0 Å². The summed E-state index contributed by atoms with van der Waals surface area (Å²) in [5, 5.41) is 0. The van der Waals surface area contributed by atoms with E-state index in [0.29, 0.717) is 0 Å². The molecule has 0 amide bonds. The Bertz CT molecular complexity index is 257. The lowest BCUT2D eigenvalue weighted by molar-refractivity contribution is 0.411. The molecular formula is C27H56. The lowest BCUT2D eigenvalue weighted by Crippen LogP contribution is -1.97. The van der Waals surface area contributed by atoms with E-state index < -0.39 is 0 Å². The second-order valence-electron chi connectivity index (χ2n) is 9.67. The SMILES string of the molecule is CCCCCCCCCCCCCC[C@@H](C)CCCCC[C@@H](C)CCCC. The van der Waals surface area contributed by atoms with Gasteiger partial charge in [-0.3, -0.25) is 0 Å². The highest BCUT2D eigenvalue weighted by atomic mass is 14.1. The first-order chi connectivity index (χ1) is 13.2. The van der Waals surface area contributed by atoms with Crippen molar-refractivity contribution in [2.75, 3.05) is 0 Å². The quantitative estimate of drug-likeness (QED) is 0.164. The van der Waals surface area contributed by atoms with Crippen LogP contribution in [0.1, 0.15) is 163 Å². The highest BCUT2D eigenvalue weighted by molar-refractivity contribution is 4.58. The molecule has 0 saturated carbocycles. The Morgan fingerprint density at radius 1 is 0.333 bits per heavy atom. The molecule has 164 valence electrons. The fraction of sp³-hybridized carbons (Fsp3) is 1.00. The number of hydrogen-bond donors (Lipinski definition) is 0. The number of rotatable bonds is 22. The maximum absolute atomic E-state index is 2.49. The fourth-order valence-corrected chi connectivity index (χ4v) is 4.34. The Morgan fingerprint density at radius 2 is 0.593 bits per heavy atom. The standard InChI is InChI=1S/C27H56/c1-5-7-9-10-11-12-13-14-15-16-17-19-23-27(4)25-21-18-20-24-26(3)22-8-6-2/h26-27H,5-25H2,1-4H3/t26-,27+/m0/s1. The van der Waals surface area contributed by atoms with Gasteiger partial charge >= 0.3 is 0 Å². The molecule has 0 aromatic carbocycles. The minimum atomic E-state index is 0.962. The van der Waals surface area contributed by atoms with Crippen molar-refractivity contribution in [2.45, 2.75) is 163 Å². The molecule has 0 rings (SSSR count). The Hall–Kier alpha value is 0. The van der Waals surface area contributed by atoms with Crippen molar-refractivity contribution in [1.82, 2.24) is 0 Å². The van der Waals surface area contributed by atoms with Crippen molar-refractivity contribution < 1.29 is 0 Å². The van der Waals surface area contributed by atoms with Gasteiger partial charge in [-0.15, -0.1) is 0 Å². The van der Waals surface area contributed by atoms with Crippen LogP contribution in [0.25, 0.3) is 0 Å². The van der Waals surface area contributed by atoms with E-state index in [0.717, 1.165) is 11.8 Å². The molecule has 0 heteroatoms. The second-order valence-corrected chi connectivity index (χ2v) is 9.67. The molecule has 0 aromatic heterocycles. The van der Waals surface area contributed by atoms with Crippen LogP contribution in [0.15, 0.2) is 0 Å². The lowest BCUT2D eigenvalue weighted by atomic mass is 9.94. The summed E-state index contributed by atoms with van der Waals surface area (Å²) < 4.78 is 0. The molecule has 0 unspecified atom stereocenters. The summed E-state index contributed by atoms with van der Waals surface area (Å²) in [6.45, 7) is 9.55. The Kier molecular flexibility index (Phi) is 22.3. The summed E-state index contributed by atoms with van der Waals surface area (Å²) in [6.07, 6.45) is 30.7. The molecular weight excluding hydrogens is 324 g/mol. The van der Waals surface area contributed by atoms with Crippen molar-refractivity contribution in [3.05, 3.63) is 0 Å². The minimum Gasteiger partial charge on any atom is -0.0654 e. The van der Waals surface area contributed by atoms with Crippen LogP contribution < -0.4 is 0 Å². The zero-order chi connectivity index (χ0) is 20.0. The van der Waals surface area contributed by atoms with Crippen LogP contribution in [0, 0.1) is 11.8 Å². The van der Waals surface area contributed by atoms with Gasteiger partial charge < -0.3 is 0 Å². The van der Waals surface area contributed by atoms with E-state index in [2.05, 4.69) is 27.7 Å². The molecule has 0 fully saturated rings. The number of unbranched alkanes of at least 4 members (excludes halogenated alkanes) is 14. The van der Waals surface area contributed by atoms with Gasteiger partial charge in [0.25, 0.3) is 0 Å². The lowest BCUT2D eigenvalue weighted by Gasteiger charge is -2.12. The molecule has 0 aliphatic rings. The fourth-order valence-electron chi connectivity index (χ4n) is 4.34. The molecule has 2 atom stereocenters. The van der Waals surface area contributed by atoms with Crippen LogP contribution in [-0.4, -0.2) is 0 Å². The van der Waals surface area contributed by atoms with Crippen LogP contribution in [0.4, 0.5) is 0 Å². The van der Waals surface area contributed by atoms with E-state index in [1.54, 1.807) is 0 Å². The van der Waals surface area contributed by atoms with E-state index in [1.165, 1.54) is 135 Å². The van der Waals surface area contributed by atoms with Gasteiger partial charge in [-0.1, -0.05) is 163 Å². The third-order valence-electron chi connectivity index (χ3n) is 6.49. The third kappa shape index (κ3) is 22.2. The Morgan fingerprint density at radius 3 is 0.963 bits per heavy atom. The van der Waals surface area contributed by atoms with E-state index in [4.69, 9.17) is 0 Å². The molecule has 0 heterocycles. The van der Waals surface area contributed by atoms with Crippen LogP contribution in [-0.2, 0) is 0 Å². The molecule has 0 aromatic rings. The molecule has 0 spiro atoms. The molecule has 0 bridgehead atoms. The summed E-state index contributed by atoms with van der Waals surface area (Å²) >= 11 is 0. The van der Waals surface area contributed by atoms with Crippen molar-refractivity contribution in [3.63, 3.8) is 0 Å². The summed E-state index contributed by atoms with van der Waals surface area (Å²) in [5.41, 5.74) is 0. The molecule has 0 N–H and O–H groups in total. The molecule has 0 aliphatic heterocycles. The third-order valence-corrected chi connectivity index (χ3v) is 6.49. The van der Waals surface area contributed by atoms with E-state index in [-0.39, 0.29) is 0 Å². The summed E-state index contributed by atoms with van der Waals surface area (Å²) in [6, 6.07) is 0. The molecule has 27 heavy (non-hydrogen) atoms. The van der Waals surface area contributed by atoms with Crippen molar-refractivity contribution >= 4 is 0 Å². The van der Waals surface area contributed by atoms with Gasteiger partial charge in [0.05, 0.1) is 0 Å². The molecule has 0 aliphatic carbocycles. The maximum Gasteiger partial charge on any atom is -0.0443 e. The smallest absolute Gasteiger partial charge is 0.0443 e. The van der Waals surface area contributed by atoms with Gasteiger partial charge in [-0.2, -0.15) is 0 Å². The zero-order valence-corrected chi connectivity index (χ0v) is 20.0. The van der Waals surface area contributed by atoms with Crippen molar-refractivity contribution in [3.8, 4) is 0 Å². The first-order valence-electron chi connectivity index (χ1n) is 13.2. The molecule has 0 radical (unpaired) electrons.